The number of aryl methyl sites for hydroxylation is 1. The van der Waals surface area contributed by atoms with Crippen LogP contribution in [0.25, 0.3) is 11.1 Å². The SMILES string of the molecule is COc1cc(C(=O)NS(=O)(=O)c2ccc(N[C@@H](CSc3ccccc3)CC(=O)N(C)C)c([N+](=O)[O-])c2)ccc1-c1ccc(CCC(=O)NCC2CC2)cc1. The number of thioether (sulfide) groups is 1. The fraction of sp³-hybridized carbons (Fsp3) is 0.308. The van der Waals surface area contributed by atoms with Gasteiger partial charge in [0.15, 0.2) is 0 Å². The van der Waals surface area contributed by atoms with E-state index in [-0.39, 0.29) is 29.5 Å². The summed E-state index contributed by atoms with van der Waals surface area (Å²) < 4.78 is 34.3. The van der Waals surface area contributed by atoms with Crippen molar-refractivity contribution in [1.82, 2.24) is 14.9 Å². The van der Waals surface area contributed by atoms with Gasteiger partial charge in [-0.15, -0.1) is 11.8 Å². The van der Waals surface area contributed by atoms with Crippen LogP contribution >= 0.6 is 11.8 Å². The van der Waals surface area contributed by atoms with Gasteiger partial charge in [0.05, 0.1) is 16.9 Å². The number of anilines is 1. The highest BCUT2D eigenvalue weighted by Crippen LogP contribution is 2.33. The standard InChI is InChI=1S/C39H43N5O8S2/c1-43(2)38(46)22-30(25-53-31-7-5-4-6-8-31)41-34-19-17-32(23-35(34)44(48)49)54(50,51)42-39(47)29-16-18-33(36(21-29)52-3)28-14-11-26(12-15-28)13-20-37(45)40-24-27-9-10-27/h4-8,11-12,14-19,21,23,27,30,41H,9-10,13,20,22,24-25H2,1-3H3,(H,40,45)(H,42,47)/t30-/m1/s1. The Balaban J connectivity index is 1.27. The number of nitrogens with zero attached hydrogens (tertiary/aromatic N) is 2. The molecule has 3 amide bonds. The maximum absolute atomic E-state index is 13.4. The molecule has 1 aliphatic carbocycles. The number of hydrogen-bond acceptors (Lipinski definition) is 10. The van der Waals surface area contributed by atoms with Gasteiger partial charge >= 0.3 is 0 Å². The van der Waals surface area contributed by atoms with E-state index in [1.165, 1.54) is 54.8 Å². The molecule has 0 unspecified atom stereocenters. The topological polar surface area (TPSA) is 177 Å². The van der Waals surface area contributed by atoms with Crippen molar-refractivity contribution < 1.29 is 32.5 Å². The third kappa shape index (κ3) is 11.1. The van der Waals surface area contributed by atoms with Gasteiger partial charge < -0.3 is 20.3 Å². The van der Waals surface area contributed by atoms with Crippen LogP contribution in [-0.4, -0.2) is 75.5 Å². The lowest BCUT2D eigenvalue weighted by Crippen LogP contribution is -2.32. The first-order valence-electron chi connectivity index (χ1n) is 17.4. The van der Waals surface area contributed by atoms with Gasteiger partial charge in [-0.1, -0.05) is 42.5 Å². The molecule has 15 heteroatoms. The van der Waals surface area contributed by atoms with Gasteiger partial charge in [-0.25, -0.2) is 13.1 Å². The Morgan fingerprint density at radius 1 is 0.981 bits per heavy atom. The molecular formula is C39H43N5O8S2. The molecule has 54 heavy (non-hydrogen) atoms. The van der Waals surface area contributed by atoms with E-state index in [1.807, 2.05) is 59.3 Å². The van der Waals surface area contributed by atoms with E-state index in [2.05, 4.69) is 10.6 Å². The lowest BCUT2D eigenvalue weighted by molar-refractivity contribution is -0.384. The molecule has 0 saturated heterocycles. The van der Waals surface area contributed by atoms with Gasteiger partial charge in [0.2, 0.25) is 11.8 Å². The van der Waals surface area contributed by atoms with Crippen LogP contribution in [-0.2, 0) is 26.0 Å². The van der Waals surface area contributed by atoms with Crippen molar-refractivity contribution in [1.29, 1.82) is 0 Å². The fourth-order valence-corrected chi connectivity index (χ4v) is 7.46. The number of nitro benzene ring substituents is 1. The van der Waals surface area contributed by atoms with E-state index in [9.17, 15) is 32.9 Å². The first-order valence-corrected chi connectivity index (χ1v) is 19.8. The van der Waals surface area contributed by atoms with Crippen molar-refractivity contribution in [3.05, 3.63) is 112 Å². The maximum atomic E-state index is 13.4. The van der Waals surface area contributed by atoms with E-state index in [4.69, 9.17) is 4.74 Å². The summed E-state index contributed by atoms with van der Waals surface area (Å²) in [6, 6.07) is 24.3. The van der Waals surface area contributed by atoms with Gasteiger partial charge in [-0.2, -0.15) is 0 Å². The Bertz CT molecular complexity index is 2090. The van der Waals surface area contributed by atoms with Crippen LogP contribution in [0.4, 0.5) is 11.4 Å². The van der Waals surface area contributed by atoms with Crippen LogP contribution < -0.4 is 20.1 Å². The van der Waals surface area contributed by atoms with E-state index in [1.54, 1.807) is 20.2 Å². The van der Waals surface area contributed by atoms with Crippen molar-refractivity contribution in [3.8, 4) is 16.9 Å². The van der Waals surface area contributed by atoms with Crippen LogP contribution in [0.3, 0.4) is 0 Å². The van der Waals surface area contributed by atoms with E-state index < -0.39 is 37.5 Å². The van der Waals surface area contributed by atoms with Crippen LogP contribution in [0.2, 0.25) is 0 Å². The Morgan fingerprint density at radius 3 is 2.35 bits per heavy atom. The molecule has 0 spiro atoms. The first kappa shape index (κ1) is 39.8. The molecule has 13 nitrogen and oxygen atoms in total. The highest BCUT2D eigenvalue weighted by Gasteiger charge is 2.27. The van der Waals surface area contributed by atoms with Crippen molar-refractivity contribution in [2.24, 2.45) is 5.92 Å². The smallest absolute Gasteiger partial charge is 0.293 e. The number of carbonyl (C=O) groups excluding carboxylic acids is 3. The Labute approximate surface area is 319 Å². The van der Waals surface area contributed by atoms with Crippen LogP contribution in [0.1, 0.15) is 41.6 Å². The third-order valence-corrected chi connectivity index (χ3v) is 11.3. The lowest BCUT2D eigenvalue weighted by atomic mass is 9.99. The molecule has 0 aromatic heterocycles. The summed E-state index contributed by atoms with van der Waals surface area (Å²) in [5.74, 6) is 0.223. The predicted octanol–water partition coefficient (Wildman–Crippen LogP) is 5.90. The van der Waals surface area contributed by atoms with Crippen LogP contribution in [0.15, 0.2) is 101 Å². The van der Waals surface area contributed by atoms with Crippen molar-refractivity contribution in [2.75, 3.05) is 38.8 Å². The summed E-state index contributed by atoms with van der Waals surface area (Å²) in [6.07, 6.45) is 3.38. The average molecular weight is 774 g/mol. The quantitative estimate of drug-likeness (QED) is 0.0627. The molecular weight excluding hydrogens is 731 g/mol. The lowest BCUT2D eigenvalue weighted by Gasteiger charge is -2.21. The highest BCUT2D eigenvalue weighted by molar-refractivity contribution is 7.99. The monoisotopic (exact) mass is 773 g/mol. The predicted molar refractivity (Wildman–Crippen MR) is 208 cm³/mol. The largest absolute Gasteiger partial charge is 0.496 e. The van der Waals surface area contributed by atoms with E-state index >= 15 is 0 Å². The summed E-state index contributed by atoms with van der Waals surface area (Å²) in [5.41, 5.74) is 1.93. The van der Waals surface area contributed by atoms with Gasteiger partial charge in [-0.05, 0) is 78.8 Å². The minimum absolute atomic E-state index is 0.00916. The zero-order valence-corrected chi connectivity index (χ0v) is 31.9. The van der Waals surface area contributed by atoms with E-state index in [0.29, 0.717) is 35.8 Å². The molecule has 0 heterocycles. The molecule has 0 radical (unpaired) electrons. The number of ether oxygens (including phenoxy) is 1. The molecule has 0 bridgehead atoms. The summed E-state index contributed by atoms with van der Waals surface area (Å²) >= 11 is 1.47. The van der Waals surface area contributed by atoms with Crippen LogP contribution in [0.5, 0.6) is 5.75 Å². The molecule has 3 N–H and O–H groups in total. The van der Waals surface area contributed by atoms with E-state index in [0.717, 1.165) is 34.7 Å². The summed E-state index contributed by atoms with van der Waals surface area (Å²) in [7, 11) is 0.110. The Hall–Kier alpha value is -5.41. The fourth-order valence-electron chi connectivity index (χ4n) is 5.52. The molecule has 0 aliphatic heterocycles. The molecule has 4 aromatic rings. The molecule has 284 valence electrons. The highest BCUT2D eigenvalue weighted by atomic mass is 32.2. The number of sulfonamides is 1. The number of benzene rings is 4. The first-order chi connectivity index (χ1) is 25.8. The third-order valence-electron chi connectivity index (χ3n) is 8.83. The second-order valence-electron chi connectivity index (χ2n) is 13.2. The van der Waals surface area contributed by atoms with Gasteiger partial charge in [0.25, 0.3) is 21.6 Å². The number of rotatable bonds is 18. The zero-order valence-electron chi connectivity index (χ0n) is 30.2. The number of methoxy groups -OCH3 is 1. The minimum atomic E-state index is -4.55. The molecule has 5 rings (SSSR count). The van der Waals surface area contributed by atoms with Crippen molar-refractivity contribution in [2.45, 2.75) is 47.9 Å². The van der Waals surface area contributed by atoms with Crippen molar-refractivity contribution in [3.63, 3.8) is 0 Å². The minimum Gasteiger partial charge on any atom is -0.496 e. The number of amides is 3. The van der Waals surface area contributed by atoms with Crippen LogP contribution in [0, 0.1) is 16.0 Å². The van der Waals surface area contributed by atoms with Gasteiger partial charge in [-0.3, -0.25) is 24.5 Å². The number of nitrogens with one attached hydrogen (secondary N) is 3. The molecule has 1 fully saturated rings. The number of nitro groups is 1. The molecule has 1 atom stereocenters. The number of carbonyl (C=O) groups is 3. The molecule has 1 saturated carbocycles. The summed E-state index contributed by atoms with van der Waals surface area (Å²) in [6.45, 7) is 0.739. The summed E-state index contributed by atoms with van der Waals surface area (Å²) in [5, 5.41) is 18.2. The maximum Gasteiger partial charge on any atom is 0.293 e. The zero-order chi connectivity index (χ0) is 38.8. The normalized spacial score (nSPS) is 13.0. The Kier molecular flexibility index (Phi) is 13.3. The number of hydrogen-bond donors (Lipinski definition) is 3. The van der Waals surface area contributed by atoms with Gasteiger partial charge in [0.1, 0.15) is 11.4 Å². The average Bonchev–Trinajstić information content (AvgIpc) is 4.00. The molecule has 4 aromatic carbocycles. The molecule has 1 aliphatic rings. The second-order valence-corrected chi connectivity index (χ2v) is 16.0. The van der Waals surface area contributed by atoms with Crippen molar-refractivity contribution >= 4 is 50.9 Å². The van der Waals surface area contributed by atoms with Gasteiger partial charge in [0, 0.05) is 67.4 Å². The second kappa shape index (κ2) is 18.1. The summed E-state index contributed by atoms with van der Waals surface area (Å²) in [4.78, 5) is 51.3. The Morgan fingerprint density at radius 2 is 1.70 bits per heavy atom.